The van der Waals surface area contributed by atoms with Crippen molar-refractivity contribution in [3.05, 3.63) is 47.3 Å². The zero-order valence-electron chi connectivity index (χ0n) is 20.4. The molecule has 1 aromatic heterocycles. The summed E-state index contributed by atoms with van der Waals surface area (Å²) < 4.78 is 7.61. The maximum absolute atomic E-state index is 13.9. The molecule has 1 N–H and O–H groups in total. The van der Waals surface area contributed by atoms with Crippen LogP contribution >= 0.6 is 0 Å². The normalized spacial score (nSPS) is 23.4. The van der Waals surface area contributed by atoms with Crippen LogP contribution in [0.5, 0.6) is 5.75 Å². The smallest absolute Gasteiger partial charge is 0.273 e. The molecule has 2 heterocycles. The average Bonchev–Trinajstić information content (AvgIpc) is 3.63. The second-order valence-corrected chi connectivity index (χ2v) is 10.3. The highest BCUT2D eigenvalue weighted by Crippen LogP contribution is 2.41. The number of aromatic nitrogens is 2. The van der Waals surface area contributed by atoms with E-state index in [-0.39, 0.29) is 17.9 Å². The van der Waals surface area contributed by atoms with Crippen molar-refractivity contribution in [3.63, 3.8) is 0 Å². The number of ether oxygens (including phenoxy) is 1. The first kappa shape index (κ1) is 22.9. The molecular weight excluding hydrogens is 428 g/mol. The Hall–Kier alpha value is -2.83. The third-order valence-electron chi connectivity index (χ3n) is 7.59. The Bertz CT molecular complexity index is 1050. The van der Waals surface area contributed by atoms with Crippen molar-refractivity contribution in [1.29, 1.82) is 0 Å². The van der Waals surface area contributed by atoms with Gasteiger partial charge in [-0.2, -0.15) is 5.10 Å². The number of carbonyl (C=O) groups excluding carboxylic acids is 2. The van der Waals surface area contributed by atoms with E-state index in [0.29, 0.717) is 31.3 Å². The zero-order chi connectivity index (χ0) is 23.7. The number of nitrogens with zero attached hydrogens (tertiary/aromatic N) is 3. The van der Waals surface area contributed by atoms with Crippen LogP contribution in [0.1, 0.15) is 92.9 Å². The van der Waals surface area contributed by atoms with Crippen LogP contribution in [0.3, 0.4) is 0 Å². The molecule has 2 aromatic rings. The van der Waals surface area contributed by atoms with E-state index in [1.54, 1.807) is 9.58 Å². The lowest BCUT2D eigenvalue weighted by atomic mass is 9.93. The number of para-hydroxylation sites is 1. The first-order valence-corrected chi connectivity index (χ1v) is 12.9. The van der Waals surface area contributed by atoms with Gasteiger partial charge in [0, 0.05) is 17.5 Å². The van der Waals surface area contributed by atoms with Crippen molar-refractivity contribution in [1.82, 2.24) is 20.0 Å². The first-order chi connectivity index (χ1) is 16.5. The molecule has 0 spiro atoms. The predicted octanol–water partition coefficient (Wildman–Crippen LogP) is 4.41. The highest BCUT2D eigenvalue weighted by molar-refractivity contribution is 5.99. The van der Waals surface area contributed by atoms with E-state index in [1.165, 1.54) is 12.8 Å². The van der Waals surface area contributed by atoms with Crippen molar-refractivity contribution < 1.29 is 14.3 Å². The fourth-order valence-electron chi connectivity index (χ4n) is 5.35. The van der Waals surface area contributed by atoms with Gasteiger partial charge in [-0.15, -0.1) is 0 Å². The molecule has 7 heteroatoms. The van der Waals surface area contributed by atoms with Crippen LogP contribution in [-0.2, 0) is 17.9 Å². The van der Waals surface area contributed by atoms with Crippen molar-refractivity contribution in [3.8, 4) is 5.75 Å². The number of benzene rings is 1. The molecule has 0 radical (unpaired) electrons. The number of amides is 2. The largest absolute Gasteiger partial charge is 0.494 e. The fourth-order valence-corrected chi connectivity index (χ4v) is 5.35. The van der Waals surface area contributed by atoms with Crippen LogP contribution < -0.4 is 10.1 Å². The van der Waals surface area contributed by atoms with Gasteiger partial charge in [0.1, 0.15) is 17.0 Å². The Kier molecular flexibility index (Phi) is 6.36. The molecule has 2 aliphatic carbocycles. The van der Waals surface area contributed by atoms with E-state index >= 15 is 0 Å². The average molecular weight is 465 g/mol. The maximum atomic E-state index is 13.9. The van der Waals surface area contributed by atoms with Crippen LogP contribution in [0.15, 0.2) is 30.3 Å². The quantitative estimate of drug-likeness (QED) is 0.616. The standard InChI is InChI=1S/C27H36N4O3/c1-3-34-24-13-9-8-10-20(24)17-30-25(32)23-16-22(19-14-15-19)29-31(23)18-27(30,2)26(33)28-21-11-6-4-5-7-12-21/h8-10,13,16,19,21H,3-7,11-12,14-15,17-18H2,1-2H3,(H,28,33). The van der Waals surface area contributed by atoms with Gasteiger partial charge in [-0.05, 0) is 51.7 Å². The van der Waals surface area contributed by atoms with Gasteiger partial charge in [-0.25, -0.2) is 0 Å². The molecule has 1 aliphatic heterocycles. The second kappa shape index (κ2) is 9.43. The summed E-state index contributed by atoms with van der Waals surface area (Å²) in [5, 5.41) is 8.07. The lowest BCUT2D eigenvalue weighted by molar-refractivity contribution is -0.134. The van der Waals surface area contributed by atoms with Gasteiger partial charge in [-0.1, -0.05) is 43.9 Å². The molecule has 5 rings (SSSR count). The van der Waals surface area contributed by atoms with Gasteiger partial charge < -0.3 is 15.0 Å². The number of hydrogen-bond acceptors (Lipinski definition) is 4. The molecule has 0 saturated heterocycles. The van der Waals surface area contributed by atoms with Crippen LogP contribution in [0.25, 0.3) is 0 Å². The van der Waals surface area contributed by atoms with Gasteiger partial charge in [0.25, 0.3) is 5.91 Å². The minimum atomic E-state index is -1.04. The number of carbonyl (C=O) groups is 2. The van der Waals surface area contributed by atoms with Gasteiger partial charge in [0.15, 0.2) is 0 Å². The second-order valence-electron chi connectivity index (χ2n) is 10.3. The molecule has 7 nitrogen and oxygen atoms in total. The van der Waals surface area contributed by atoms with Crippen LogP contribution in [-0.4, -0.2) is 44.7 Å². The summed E-state index contributed by atoms with van der Waals surface area (Å²) >= 11 is 0. The molecular formula is C27H36N4O3. The SMILES string of the molecule is CCOc1ccccc1CN1C(=O)c2cc(C3CC3)nn2CC1(C)C(=O)NC1CCCCCC1. The van der Waals surface area contributed by atoms with Gasteiger partial charge in [-0.3, -0.25) is 14.3 Å². The highest BCUT2D eigenvalue weighted by atomic mass is 16.5. The zero-order valence-corrected chi connectivity index (χ0v) is 20.4. The molecule has 2 saturated carbocycles. The van der Waals surface area contributed by atoms with Crippen molar-refractivity contribution in [2.75, 3.05) is 6.61 Å². The lowest BCUT2D eigenvalue weighted by Gasteiger charge is -2.44. The molecule has 1 aromatic carbocycles. The topological polar surface area (TPSA) is 76.5 Å². The summed E-state index contributed by atoms with van der Waals surface area (Å²) in [5.41, 5.74) is 1.42. The molecule has 1 atom stereocenters. The Morgan fingerprint density at radius 3 is 2.59 bits per heavy atom. The summed E-state index contributed by atoms with van der Waals surface area (Å²) in [6.07, 6.45) is 8.97. The van der Waals surface area contributed by atoms with E-state index in [9.17, 15) is 9.59 Å². The number of hydrogen-bond donors (Lipinski definition) is 1. The van der Waals surface area contributed by atoms with Gasteiger partial charge in [0.05, 0.1) is 25.4 Å². The Labute approximate surface area is 201 Å². The van der Waals surface area contributed by atoms with Crippen LogP contribution in [0.2, 0.25) is 0 Å². The molecule has 1 unspecified atom stereocenters. The summed E-state index contributed by atoms with van der Waals surface area (Å²) in [4.78, 5) is 29.4. The summed E-state index contributed by atoms with van der Waals surface area (Å²) in [6.45, 7) is 5.05. The van der Waals surface area contributed by atoms with Crippen molar-refractivity contribution >= 4 is 11.8 Å². The summed E-state index contributed by atoms with van der Waals surface area (Å²) in [7, 11) is 0. The molecule has 2 fully saturated rings. The first-order valence-electron chi connectivity index (χ1n) is 12.9. The third kappa shape index (κ3) is 4.44. The molecule has 3 aliphatic rings. The van der Waals surface area contributed by atoms with E-state index in [0.717, 1.165) is 55.5 Å². The van der Waals surface area contributed by atoms with Gasteiger partial charge >= 0.3 is 0 Å². The number of fused-ring (bicyclic) bond motifs is 1. The molecule has 2 amide bonds. The maximum Gasteiger partial charge on any atom is 0.273 e. The minimum absolute atomic E-state index is 0.0873. The predicted molar refractivity (Wildman–Crippen MR) is 130 cm³/mol. The molecule has 34 heavy (non-hydrogen) atoms. The minimum Gasteiger partial charge on any atom is -0.494 e. The van der Waals surface area contributed by atoms with Crippen LogP contribution in [0.4, 0.5) is 0 Å². The monoisotopic (exact) mass is 464 g/mol. The number of rotatable bonds is 7. The highest BCUT2D eigenvalue weighted by Gasteiger charge is 2.49. The van der Waals surface area contributed by atoms with E-state index < -0.39 is 5.54 Å². The number of nitrogens with one attached hydrogen (secondary N) is 1. The lowest BCUT2D eigenvalue weighted by Crippen LogP contribution is -2.64. The van der Waals surface area contributed by atoms with E-state index in [1.807, 2.05) is 44.2 Å². The Morgan fingerprint density at radius 2 is 1.88 bits per heavy atom. The summed E-state index contributed by atoms with van der Waals surface area (Å²) in [6, 6.07) is 9.88. The van der Waals surface area contributed by atoms with E-state index in [2.05, 4.69) is 5.32 Å². The van der Waals surface area contributed by atoms with E-state index in [4.69, 9.17) is 9.84 Å². The fraction of sp³-hybridized carbons (Fsp3) is 0.593. The van der Waals surface area contributed by atoms with Crippen LogP contribution in [0, 0.1) is 0 Å². The Morgan fingerprint density at radius 1 is 1.15 bits per heavy atom. The molecule has 0 bridgehead atoms. The third-order valence-corrected chi connectivity index (χ3v) is 7.59. The summed E-state index contributed by atoms with van der Waals surface area (Å²) in [5.74, 6) is 0.970. The van der Waals surface area contributed by atoms with Crippen molar-refractivity contribution in [2.45, 2.75) is 95.8 Å². The van der Waals surface area contributed by atoms with Gasteiger partial charge in [0.2, 0.25) is 5.91 Å². The molecule has 182 valence electrons. The van der Waals surface area contributed by atoms with Crippen molar-refractivity contribution in [2.24, 2.45) is 0 Å². The Balaban J connectivity index is 1.48.